The van der Waals surface area contributed by atoms with E-state index >= 15 is 0 Å². The van der Waals surface area contributed by atoms with Crippen LogP contribution in [0.4, 0.5) is 4.39 Å². The maximum atomic E-state index is 13.2. The molecule has 1 N–H and O–H groups in total. The topological polar surface area (TPSA) is 33.4 Å². The van der Waals surface area contributed by atoms with Crippen molar-refractivity contribution in [1.29, 1.82) is 0 Å². The largest absolute Gasteiger partial charge is 0.458 e. The van der Waals surface area contributed by atoms with Crippen molar-refractivity contribution in [1.82, 2.24) is 0 Å². The first kappa shape index (κ1) is 12.9. The molecule has 0 amide bonds. The van der Waals surface area contributed by atoms with Crippen molar-refractivity contribution in [2.75, 3.05) is 0 Å². The smallest absolute Gasteiger partial charge is 0.138 e. The quantitative estimate of drug-likeness (QED) is 0.754. The van der Waals surface area contributed by atoms with Gasteiger partial charge in [0.2, 0.25) is 0 Å². The molecular weight excluding hydrogens is 255 g/mol. The van der Waals surface area contributed by atoms with Crippen molar-refractivity contribution in [2.45, 2.75) is 20.0 Å². The Balaban J connectivity index is 2.07. The zero-order valence-corrected chi connectivity index (χ0v) is 11.4. The van der Waals surface area contributed by atoms with Gasteiger partial charge in [-0.3, -0.25) is 0 Å². The molecule has 20 heavy (non-hydrogen) atoms. The minimum atomic E-state index is -0.842. The van der Waals surface area contributed by atoms with Crippen molar-refractivity contribution >= 4 is 11.0 Å². The van der Waals surface area contributed by atoms with Crippen molar-refractivity contribution < 1.29 is 13.9 Å². The molecule has 0 aliphatic heterocycles. The maximum Gasteiger partial charge on any atom is 0.138 e. The first-order valence-electron chi connectivity index (χ1n) is 6.49. The lowest BCUT2D eigenvalue weighted by molar-refractivity contribution is 0.191. The molecule has 0 aliphatic carbocycles. The van der Waals surface area contributed by atoms with Crippen LogP contribution in [0.15, 0.2) is 46.9 Å². The SMILES string of the molecule is Cc1ccc(C)c(C(O)c2cc3cc(F)ccc3o2)c1. The zero-order chi connectivity index (χ0) is 14.3. The van der Waals surface area contributed by atoms with E-state index in [1.54, 1.807) is 12.1 Å². The van der Waals surface area contributed by atoms with Gasteiger partial charge in [0.05, 0.1) is 0 Å². The van der Waals surface area contributed by atoms with Crippen LogP contribution in [0.5, 0.6) is 0 Å². The first-order valence-corrected chi connectivity index (χ1v) is 6.49. The van der Waals surface area contributed by atoms with Crippen LogP contribution < -0.4 is 0 Å². The fraction of sp³-hybridized carbons (Fsp3) is 0.176. The minimum absolute atomic E-state index is 0.314. The van der Waals surface area contributed by atoms with Crippen LogP contribution in [0, 0.1) is 19.7 Å². The molecular formula is C17H15FO2. The summed E-state index contributed by atoms with van der Waals surface area (Å²) in [5.41, 5.74) is 3.46. The Morgan fingerprint density at radius 3 is 2.65 bits per heavy atom. The molecule has 2 aromatic carbocycles. The van der Waals surface area contributed by atoms with Crippen LogP contribution in [-0.4, -0.2) is 5.11 Å². The number of benzene rings is 2. The summed E-state index contributed by atoms with van der Waals surface area (Å²) in [6.45, 7) is 3.92. The minimum Gasteiger partial charge on any atom is -0.458 e. The Morgan fingerprint density at radius 2 is 1.85 bits per heavy atom. The third-order valence-corrected chi connectivity index (χ3v) is 3.50. The predicted molar refractivity (Wildman–Crippen MR) is 76.1 cm³/mol. The van der Waals surface area contributed by atoms with Crippen LogP contribution in [0.2, 0.25) is 0 Å². The Hall–Kier alpha value is -2.13. The van der Waals surface area contributed by atoms with E-state index in [1.807, 2.05) is 32.0 Å². The second-order valence-corrected chi connectivity index (χ2v) is 5.09. The Bertz CT molecular complexity index is 774. The molecule has 1 unspecified atom stereocenters. The van der Waals surface area contributed by atoms with Crippen molar-refractivity contribution in [3.05, 3.63) is 70.7 Å². The lowest BCUT2D eigenvalue weighted by atomic mass is 9.99. The summed E-state index contributed by atoms with van der Waals surface area (Å²) < 4.78 is 18.8. The number of rotatable bonds is 2. The summed E-state index contributed by atoms with van der Waals surface area (Å²) in [6, 6.07) is 11.9. The first-order chi connectivity index (χ1) is 9.54. The van der Waals surface area contributed by atoms with Gasteiger partial charge in [-0.15, -0.1) is 0 Å². The van der Waals surface area contributed by atoms with Crippen LogP contribution in [0.25, 0.3) is 11.0 Å². The molecule has 102 valence electrons. The standard InChI is InChI=1S/C17H15FO2/c1-10-3-4-11(2)14(7-10)17(19)16-9-12-8-13(18)5-6-15(12)20-16/h3-9,17,19H,1-2H3. The molecule has 0 bridgehead atoms. The Morgan fingerprint density at radius 1 is 1.05 bits per heavy atom. The molecule has 0 fully saturated rings. The molecule has 3 aromatic rings. The van der Waals surface area contributed by atoms with E-state index in [0.29, 0.717) is 16.7 Å². The van der Waals surface area contributed by atoms with E-state index in [2.05, 4.69) is 0 Å². The van der Waals surface area contributed by atoms with Crippen molar-refractivity contribution in [3.63, 3.8) is 0 Å². The Kier molecular flexibility index (Phi) is 3.07. The van der Waals surface area contributed by atoms with Crippen molar-refractivity contribution in [3.8, 4) is 0 Å². The van der Waals surface area contributed by atoms with Crippen LogP contribution in [0.1, 0.15) is 28.6 Å². The molecule has 0 spiro atoms. The highest BCUT2D eigenvalue weighted by atomic mass is 19.1. The molecule has 0 saturated carbocycles. The van der Waals surface area contributed by atoms with Crippen LogP contribution in [-0.2, 0) is 0 Å². The van der Waals surface area contributed by atoms with Gasteiger partial charge >= 0.3 is 0 Å². The summed E-state index contributed by atoms with van der Waals surface area (Å²) in [6.07, 6.45) is -0.842. The predicted octanol–water partition coefficient (Wildman–Crippen LogP) is 4.27. The molecule has 1 atom stereocenters. The number of furan rings is 1. The van der Waals surface area contributed by atoms with Gasteiger partial charge < -0.3 is 9.52 Å². The molecule has 0 radical (unpaired) electrons. The molecule has 3 rings (SSSR count). The molecule has 2 nitrogen and oxygen atoms in total. The van der Waals surface area contributed by atoms with E-state index in [4.69, 9.17) is 4.42 Å². The lowest BCUT2D eigenvalue weighted by Crippen LogP contribution is -2.01. The molecule has 0 aliphatic rings. The number of aliphatic hydroxyl groups is 1. The third-order valence-electron chi connectivity index (χ3n) is 3.50. The van der Waals surface area contributed by atoms with Gasteiger partial charge in [0.1, 0.15) is 23.3 Å². The number of hydrogen-bond donors (Lipinski definition) is 1. The summed E-state index contributed by atoms with van der Waals surface area (Å²) in [5, 5.41) is 11.1. The van der Waals surface area contributed by atoms with E-state index in [9.17, 15) is 9.50 Å². The van der Waals surface area contributed by atoms with E-state index < -0.39 is 6.10 Å². The average Bonchev–Trinajstić information content (AvgIpc) is 2.83. The van der Waals surface area contributed by atoms with Gasteiger partial charge in [-0.05, 0) is 49.2 Å². The Labute approximate surface area is 116 Å². The summed E-state index contributed by atoms with van der Waals surface area (Å²) in [7, 11) is 0. The third kappa shape index (κ3) is 2.21. The van der Waals surface area contributed by atoms with Gasteiger partial charge in [0.15, 0.2) is 0 Å². The van der Waals surface area contributed by atoms with Crippen LogP contribution in [0.3, 0.4) is 0 Å². The molecule has 0 saturated heterocycles. The second kappa shape index (κ2) is 4.76. The average molecular weight is 270 g/mol. The maximum absolute atomic E-state index is 13.2. The second-order valence-electron chi connectivity index (χ2n) is 5.09. The molecule has 1 heterocycles. The molecule has 3 heteroatoms. The summed E-state index contributed by atoms with van der Waals surface area (Å²) >= 11 is 0. The van der Waals surface area contributed by atoms with Gasteiger partial charge in [0.25, 0.3) is 0 Å². The summed E-state index contributed by atoms with van der Waals surface area (Å²) in [5.74, 6) is 0.116. The highest BCUT2D eigenvalue weighted by Gasteiger charge is 2.17. The van der Waals surface area contributed by atoms with Gasteiger partial charge in [-0.2, -0.15) is 0 Å². The summed E-state index contributed by atoms with van der Waals surface area (Å²) in [4.78, 5) is 0. The van der Waals surface area contributed by atoms with E-state index in [0.717, 1.165) is 16.7 Å². The van der Waals surface area contributed by atoms with E-state index in [-0.39, 0.29) is 5.82 Å². The van der Waals surface area contributed by atoms with Gasteiger partial charge in [-0.1, -0.05) is 23.8 Å². The fourth-order valence-electron chi connectivity index (χ4n) is 2.38. The number of aliphatic hydroxyl groups excluding tert-OH is 1. The number of halogens is 1. The fourth-order valence-corrected chi connectivity index (χ4v) is 2.38. The molecule has 1 aromatic heterocycles. The highest BCUT2D eigenvalue weighted by Crippen LogP contribution is 2.30. The van der Waals surface area contributed by atoms with Gasteiger partial charge in [0, 0.05) is 5.39 Å². The number of fused-ring (bicyclic) bond motifs is 1. The van der Waals surface area contributed by atoms with E-state index in [1.165, 1.54) is 12.1 Å². The zero-order valence-electron chi connectivity index (χ0n) is 11.4. The highest BCUT2D eigenvalue weighted by molar-refractivity contribution is 5.78. The number of aryl methyl sites for hydroxylation is 2. The monoisotopic (exact) mass is 270 g/mol. The number of hydrogen-bond acceptors (Lipinski definition) is 2. The van der Waals surface area contributed by atoms with Crippen molar-refractivity contribution in [2.24, 2.45) is 0 Å². The normalized spacial score (nSPS) is 12.8. The van der Waals surface area contributed by atoms with Gasteiger partial charge in [-0.25, -0.2) is 4.39 Å². The van der Waals surface area contributed by atoms with Crippen LogP contribution >= 0.6 is 0 Å². The lowest BCUT2D eigenvalue weighted by Gasteiger charge is -2.12.